The highest BCUT2D eigenvalue weighted by atomic mass is 16.5. The average Bonchev–Trinajstić information content (AvgIpc) is 2.74. The van der Waals surface area contributed by atoms with Crippen molar-refractivity contribution in [3.8, 4) is 0 Å². The topological polar surface area (TPSA) is 85.5 Å². The van der Waals surface area contributed by atoms with Crippen LogP contribution in [0.1, 0.15) is 25.1 Å². The SMILES string of the molecule is CC1(c2nc(CC(=O)O)no2)CCOC1. The van der Waals surface area contributed by atoms with E-state index in [-0.39, 0.29) is 17.7 Å². The Bertz CT molecular complexity index is 368. The summed E-state index contributed by atoms with van der Waals surface area (Å²) >= 11 is 0. The molecule has 82 valence electrons. The van der Waals surface area contributed by atoms with Gasteiger partial charge in [-0.3, -0.25) is 4.79 Å². The van der Waals surface area contributed by atoms with E-state index in [1.54, 1.807) is 0 Å². The Morgan fingerprint density at radius 1 is 1.67 bits per heavy atom. The molecule has 1 atom stereocenters. The second-order valence-corrected chi connectivity index (χ2v) is 3.95. The Balaban J connectivity index is 2.15. The van der Waals surface area contributed by atoms with Crippen molar-refractivity contribution in [3.63, 3.8) is 0 Å². The third-order valence-corrected chi connectivity index (χ3v) is 2.51. The minimum atomic E-state index is -0.963. The normalized spacial score (nSPS) is 25.7. The molecule has 0 bridgehead atoms. The first-order valence-electron chi connectivity index (χ1n) is 4.73. The van der Waals surface area contributed by atoms with Gasteiger partial charge in [-0.1, -0.05) is 5.16 Å². The lowest BCUT2D eigenvalue weighted by Crippen LogP contribution is -2.22. The number of carbonyl (C=O) groups is 1. The zero-order valence-electron chi connectivity index (χ0n) is 8.39. The van der Waals surface area contributed by atoms with Gasteiger partial charge in [0.1, 0.15) is 6.42 Å². The van der Waals surface area contributed by atoms with Crippen molar-refractivity contribution in [3.05, 3.63) is 11.7 Å². The maximum atomic E-state index is 10.4. The van der Waals surface area contributed by atoms with Gasteiger partial charge in [-0.2, -0.15) is 4.98 Å². The van der Waals surface area contributed by atoms with Gasteiger partial charge in [-0.05, 0) is 13.3 Å². The van der Waals surface area contributed by atoms with Crippen LogP contribution in [-0.4, -0.2) is 34.4 Å². The molecule has 0 radical (unpaired) electrons. The van der Waals surface area contributed by atoms with E-state index in [1.807, 2.05) is 6.92 Å². The molecule has 0 aliphatic carbocycles. The second-order valence-electron chi connectivity index (χ2n) is 3.95. The fraction of sp³-hybridized carbons (Fsp3) is 0.667. The predicted molar refractivity (Wildman–Crippen MR) is 48.4 cm³/mol. The molecule has 1 N–H and O–H groups in total. The molecule has 1 aromatic rings. The second kappa shape index (κ2) is 3.62. The fourth-order valence-corrected chi connectivity index (χ4v) is 1.54. The standard InChI is InChI=1S/C9H12N2O4/c1-9(2-3-14-5-9)8-10-6(11-15-8)4-7(12)13/h2-5H2,1H3,(H,12,13). The minimum Gasteiger partial charge on any atom is -0.481 e. The van der Waals surface area contributed by atoms with E-state index in [0.29, 0.717) is 19.1 Å². The number of ether oxygens (including phenoxy) is 1. The van der Waals surface area contributed by atoms with Crippen LogP contribution in [0.4, 0.5) is 0 Å². The van der Waals surface area contributed by atoms with Gasteiger partial charge in [0.05, 0.1) is 12.0 Å². The highest BCUT2D eigenvalue weighted by molar-refractivity contribution is 5.68. The van der Waals surface area contributed by atoms with E-state index >= 15 is 0 Å². The number of rotatable bonds is 3. The maximum absolute atomic E-state index is 10.4. The average molecular weight is 212 g/mol. The zero-order chi connectivity index (χ0) is 10.9. The summed E-state index contributed by atoms with van der Waals surface area (Å²) in [6.45, 7) is 3.19. The van der Waals surface area contributed by atoms with Gasteiger partial charge < -0.3 is 14.4 Å². The summed E-state index contributed by atoms with van der Waals surface area (Å²) in [6.07, 6.45) is 0.613. The van der Waals surface area contributed by atoms with Crippen molar-refractivity contribution in [2.75, 3.05) is 13.2 Å². The molecule has 0 spiro atoms. The summed E-state index contributed by atoms with van der Waals surface area (Å²) in [5, 5.41) is 12.2. The van der Waals surface area contributed by atoms with Crippen LogP contribution < -0.4 is 0 Å². The maximum Gasteiger partial charge on any atom is 0.311 e. The predicted octanol–water partition coefficient (Wildman–Crippen LogP) is 0.375. The molecule has 6 heteroatoms. The Kier molecular flexibility index (Phi) is 2.44. The molecular formula is C9H12N2O4. The molecule has 6 nitrogen and oxygen atoms in total. The van der Waals surface area contributed by atoms with Crippen molar-refractivity contribution >= 4 is 5.97 Å². The number of aliphatic carboxylic acids is 1. The van der Waals surface area contributed by atoms with Crippen LogP contribution >= 0.6 is 0 Å². The van der Waals surface area contributed by atoms with Crippen LogP contribution in [0.25, 0.3) is 0 Å². The van der Waals surface area contributed by atoms with Crippen molar-refractivity contribution in [1.82, 2.24) is 10.1 Å². The lowest BCUT2D eigenvalue weighted by Gasteiger charge is -2.14. The van der Waals surface area contributed by atoms with Gasteiger partial charge in [0.2, 0.25) is 5.89 Å². The van der Waals surface area contributed by atoms with E-state index in [4.69, 9.17) is 14.4 Å². The van der Waals surface area contributed by atoms with Crippen LogP contribution in [0.15, 0.2) is 4.52 Å². The van der Waals surface area contributed by atoms with Gasteiger partial charge in [0, 0.05) is 6.61 Å². The Labute approximate surface area is 86.2 Å². The number of carboxylic acids is 1. The first-order valence-corrected chi connectivity index (χ1v) is 4.73. The van der Waals surface area contributed by atoms with Crippen LogP contribution in [0.3, 0.4) is 0 Å². The first kappa shape index (κ1) is 10.1. The summed E-state index contributed by atoms with van der Waals surface area (Å²) in [5.74, 6) is -0.281. The van der Waals surface area contributed by atoms with Crippen LogP contribution in [-0.2, 0) is 21.4 Å². The van der Waals surface area contributed by atoms with Crippen LogP contribution in [0.5, 0.6) is 0 Å². The van der Waals surface area contributed by atoms with E-state index in [0.717, 1.165) is 6.42 Å². The van der Waals surface area contributed by atoms with Crippen molar-refractivity contribution < 1.29 is 19.2 Å². The molecule has 2 heterocycles. The highest BCUT2D eigenvalue weighted by Gasteiger charge is 2.37. The molecule has 0 amide bonds. The molecule has 1 unspecified atom stereocenters. The van der Waals surface area contributed by atoms with Gasteiger partial charge in [0.25, 0.3) is 0 Å². The quantitative estimate of drug-likeness (QED) is 0.779. The van der Waals surface area contributed by atoms with E-state index in [9.17, 15) is 4.79 Å². The summed E-state index contributed by atoms with van der Waals surface area (Å²) in [4.78, 5) is 14.5. The van der Waals surface area contributed by atoms with Crippen molar-refractivity contribution in [1.29, 1.82) is 0 Å². The number of hydrogen-bond donors (Lipinski definition) is 1. The number of aromatic nitrogens is 2. The minimum absolute atomic E-state index is 0.208. The number of carboxylic acid groups (broad SMARTS) is 1. The Morgan fingerprint density at radius 2 is 2.47 bits per heavy atom. The monoisotopic (exact) mass is 212 g/mol. The van der Waals surface area contributed by atoms with E-state index < -0.39 is 5.97 Å². The third kappa shape index (κ3) is 1.99. The molecular weight excluding hydrogens is 200 g/mol. The molecule has 0 saturated carbocycles. The Hall–Kier alpha value is -1.43. The number of nitrogens with zero attached hydrogens (tertiary/aromatic N) is 2. The fourth-order valence-electron chi connectivity index (χ4n) is 1.54. The van der Waals surface area contributed by atoms with Crippen LogP contribution in [0.2, 0.25) is 0 Å². The molecule has 2 rings (SSSR count). The molecule has 15 heavy (non-hydrogen) atoms. The first-order chi connectivity index (χ1) is 7.10. The summed E-state index contributed by atoms with van der Waals surface area (Å²) in [7, 11) is 0. The number of hydrogen-bond acceptors (Lipinski definition) is 5. The molecule has 1 aliphatic heterocycles. The molecule has 1 aromatic heterocycles. The van der Waals surface area contributed by atoms with Crippen molar-refractivity contribution in [2.24, 2.45) is 0 Å². The highest BCUT2D eigenvalue weighted by Crippen LogP contribution is 2.31. The van der Waals surface area contributed by atoms with Gasteiger partial charge >= 0.3 is 5.97 Å². The smallest absolute Gasteiger partial charge is 0.311 e. The van der Waals surface area contributed by atoms with Gasteiger partial charge in [-0.25, -0.2) is 0 Å². The van der Waals surface area contributed by atoms with Gasteiger partial charge in [0.15, 0.2) is 5.82 Å². The van der Waals surface area contributed by atoms with Crippen LogP contribution in [0, 0.1) is 0 Å². The Morgan fingerprint density at radius 3 is 3.07 bits per heavy atom. The van der Waals surface area contributed by atoms with Crippen molar-refractivity contribution in [2.45, 2.75) is 25.2 Å². The van der Waals surface area contributed by atoms with E-state index in [1.165, 1.54) is 0 Å². The lowest BCUT2D eigenvalue weighted by molar-refractivity contribution is -0.136. The third-order valence-electron chi connectivity index (χ3n) is 2.51. The molecule has 0 aromatic carbocycles. The van der Waals surface area contributed by atoms with Gasteiger partial charge in [-0.15, -0.1) is 0 Å². The largest absolute Gasteiger partial charge is 0.481 e. The van der Waals surface area contributed by atoms with E-state index in [2.05, 4.69) is 10.1 Å². The summed E-state index contributed by atoms with van der Waals surface area (Å²) in [6, 6.07) is 0. The molecule has 1 aliphatic rings. The summed E-state index contributed by atoms with van der Waals surface area (Å²) in [5.41, 5.74) is -0.260. The molecule has 1 saturated heterocycles. The zero-order valence-corrected chi connectivity index (χ0v) is 8.39. The molecule has 1 fully saturated rings. The summed E-state index contributed by atoms with van der Waals surface area (Å²) < 4.78 is 10.3. The lowest BCUT2D eigenvalue weighted by atomic mass is 9.90.